The van der Waals surface area contributed by atoms with Crippen LogP contribution in [0.4, 0.5) is 8.78 Å². The lowest BCUT2D eigenvalue weighted by molar-refractivity contribution is 0.303. The van der Waals surface area contributed by atoms with Gasteiger partial charge in [-0.1, -0.05) is 6.07 Å². The highest BCUT2D eigenvalue weighted by atomic mass is 19.2. The van der Waals surface area contributed by atoms with Gasteiger partial charge in [-0.15, -0.1) is 0 Å². The van der Waals surface area contributed by atoms with Crippen LogP contribution < -0.4 is 5.73 Å². The minimum absolute atomic E-state index is 0.0000926. The number of nitrogens with zero attached hydrogens (tertiary/aromatic N) is 1. The molecule has 2 N–H and O–H groups in total. The first kappa shape index (κ1) is 10.5. The van der Waals surface area contributed by atoms with Gasteiger partial charge in [-0.05, 0) is 31.2 Å². The van der Waals surface area contributed by atoms with Crippen LogP contribution in [-0.4, -0.2) is 24.5 Å². The highest BCUT2D eigenvalue weighted by Crippen LogP contribution is 2.30. The standard InChI is InChI=1S/C11H14F2N2/c1-15-5-4-10(14)11(15)7-2-3-8(12)9(13)6-7/h2-3,6,10-11H,4-5,14H2,1H3/t10-,11-/m1/s1. The van der Waals surface area contributed by atoms with Gasteiger partial charge in [-0.25, -0.2) is 8.78 Å². The highest BCUT2D eigenvalue weighted by Gasteiger charge is 2.30. The molecule has 0 saturated carbocycles. The molecule has 2 rings (SSSR count). The molecule has 1 heterocycles. The van der Waals surface area contributed by atoms with Crippen molar-refractivity contribution in [3.05, 3.63) is 35.4 Å². The largest absolute Gasteiger partial charge is 0.326 e. The Labute approximate surface area is 87.7 Å². The fourth-order valence-electron chi connectivity index (χ4n) is 2.17. The summed E-state index contributed by atoms with van der Waals surface area (Å²) < 4.78 is 25.8. The quantitative estimate of drug-likeness (QED) is 0.767. The molecule has 0 amide bonds. The van der Waals surface area contributed by atoms with E-state index in [1.807, 2.05) is 7.05 Å². The van der Waals surface area contributed by atoms with E-state index in [0.29, 0.717) is 0 Å². The third-order valence-electron chi connectivity index (χ3n) is 2.98. The van der Waals surface area contributed by atoms with Gasteiger partial charge in [0.05, 0.1) is 0 Å². The Balaban J connectivity index is 2.32. The zero-order valence-corrected chi connectivity index (χ0v) is 8.58. The average molecular weight is 212 g/mol. The molecule has 1 saturated heterocycles. The molecule has 0 aromatic heterocycles. The van der Waals surface area contributed by atoms with Crippen LogP contribution in [0, 0.1) is 11.6 Å². The van der Waals surface area contributed by atoms with E-state index >= 15 is 0 Å². The van der Waals surface area contributed by atoms with Crippen LogP contribution in [0.5, 0.6) is 0 Å². The van der Waals surface area contributed by atoms with Gasteiger partial charge in [0.1, 0.15) is 0 Å². The van der Waals surface area contributed by atoms with Crippen LogP contribution in [0.2, 0.25) is 0 Å². The maximum Gasteiger partial charge on any atom is 0.159 e. The van der Waals surface area contributed by atoms with Gasteiger partial charge in [-0.2, -0.15) is 0 Å². The number of benzene rings is 1. The number of likely N-dealkylation sites (N-methyl/N-ethyl adjacent to an activating group) is 1. The Bertz CT molecular complexity index is 358. The van der Waals surface area contributed by atoms with Crippen LogP contribution in [0.25, 0.3) is 0 Å². The monoisotopic (exact) mass is 212 g/mol. The zero-order valence-electron chi connectivity index (χ0n) is 8.58. The molecular formula is C11H14F2N2. The van der Waals surface area contributed by atoms with Gasteiger partial charge in [0, 0.05) is 18.6 Å². The highest BCUT2D eigenvalue weighted by molar-refractivity contribution is 5.23. The van der Waals surface area contributed by atoms with Crippen LogP contribution in [0.15, 0.2) is 18.2 Å². The van der Waals surface area contributed by atoms with Gasteiger partial charge in [-0.3, -0.25) is 4.90 Å². The van der Waals surface area contributed by atoms with Crippen molar-refractivity contribution < 1.29 is 8.78 Å². The van der Waals surface area contributed by atoms with Crippen molar-refractivity contribution in [2.75, 3.05) is 13.6 Å². The first-order chi connectivity index (χ1) is 7.09. The number of likely N-dealkylation sites (tertiary alicyclic amines) is 1. The van der Waals surface area contributed by atoms with Gasteiger partial charge < -0.3 is 5.73 Å². The number of rotatable bonds is 1. The Morgan fingerprint density at radius 3 is 2.60 bits per heavy atom. The summed E-state index contributed by atoms with van der Waals surface area (Å²) >= 11 is 0. The predicted molar refractivity (Wildman–Crippen MR) is 54.3 cm³/mol. The number of halogens is 2. The molecule has 4 heteroatoms. The van der Waals surface area contributed by atoms with Crippen molar-refractivity contribution in [2.24, 2.45) is 5.73 Å². The molecule has 1 aliphatic heterocycles. The second kappa shape index (κ2) is 3.87. The van der Waals surface area contributed by atoms with Crippen LogP contribution in [0.1, 0.15) is 18.0 Å². The molecule has 82 valence electrons. The van der Waals surface area contributed by atoms with Gasteiger partial charge >= 0.3 is 0 Å². The summed E-state index contributed by atoms with van der Waals surface area (Å²) in [4.78, 5) is 2.07. The molecular weight excluding hydrogens is 198 g/mol. The summed E-state index contributed by atoms with van der Waals surface area (Å²) in [6.45, 7) is 0.894. The van der Waals surface area contributed by atoms with Crippen molar-refractivity contribution in [2.45, 2.75) is 18.5 Å². The fraction of sp³-hybridized carbons (Fsp3) is 0.455. The van der Waals surface area contributed by atoms with Crippen molar-refractivity contribution in [1.82, 2.24) is 4.90 Å². The average Bonchev–Trinajstić information content (AvgIpc) is 2.52. The van der Waals surface area contributed by atoms with Gasteiger partial charge in [0.25, 0.3) is 0 Å². The molecule has 2 nitrogen and oxygen atoms in total. The summed E-state index contributed by atoms with van der Waals surface area (Å²) in [5.74, 6) is -1.62. The third kappa shape index (κ3) is 1.87. The molecule has 15 heavy (non-hydrogen) atoms. The van der Waals surface area contributed by atoms with Crippen molar-refractivity contribution >= 4 is 0 Å². The second-order valence-corrected chi connectivity index (χ2v) is 4.05. The number of nitrogens with two attached hydrogens (primary N) is 1. The molecule has 0 radical (unpaired) electrons. The zero-order chi connectivity index (χ0) is 11.0. The molecule has 1 fully saturated rings. The second-order valence-electron chi connectivity index (χ2n) is 4.05. The lowest BCUT2D eigenvalue weighted by Crippen LogP contribution is -2.29. The maximum atomic E-state index is 13.1. The molecule has 1 aliphatic rings. The molecule has 1 aromatic rings. The van der Waals surface area contributed by atoms with Crippen molar-refractivity contribution in [1.29, 1.82) is 0 Å². The van der Waals surface area contributed by atoms with E-state index in [1.54, 1.807) is 6.07 Å². The van der Waals surface area contributed by atoms with Crippen LogP contribution in [-0.2, 0) is 0 Å². The lowest BCUT2D eigenvalue weighted by Gasteiger charge is -2.23. The summed E-state index contributed by atoms with van der Waals surface area (Å²) in [5, 5.41) is 0. The summed E-state index contributed by atoms with van der Waals surface area (Å²) in [5.41, 5.74) is 6.68. The van der Waals surface area contributed by atoms with E-state index in [-0.39, 0.29) is 12.1 Å². The van der Waals surface area contributed by atoms with Crippen LogP contribution in [0.3, 0.4) is 0 Å². The van der Waals surface area contributed by atoms with E-state index in [9.17, 15) is 8.78 Å². The lowest BCUT2D eigenvalue weighted by atomic mass is 10.0. The smallest absolute Gasteiger partial charge is 0.159 e. The number of hydrogen-bond donors (Lipinski definition) is 1. The van der Waals surface area contributed by atoms with Crippen molar-refractivity contribution in [3.63, 3.8) is 0 Å². The Hall–Kier alpha value is -1.00. The first-order valence-electron chi connectivity index (χ1n) is 5.00. The SMILES string of the molecule is CN1CC[C@@H](N)[C@H]1c1ccc(F)c(F)c1. The topological polar surface area (TPSA) is 29.3 Å². The van der Waals surface area contributed by atoms with Gasteiger partial charge in [0.2, 0.25) is 0 Å². The molecule has 0 aliphatic carbocycles. The van der Waals surface area contributed by atoms with E-state index < -0.39 is 11.6 Å². The van der Waals surface area contributed by atoms with Crippen molar-refractivity contribution in [3.8, 4) is 0 Å². The molecule has 1 aromatic carbocycles. The molecule has 0 unspecified atom stereocenters. The fourth-order valence-corrected chi connectivity index (χ4v) is 2.17. The summed E-state index contributed by atoms with van der Waals surface area (Å²) in [7, 11) is 1.94. The molecule has 0 spiro atoms. The third-order valence-corrected chi connectivity index (χ3v) is 2.98. The first-order valence-corrected chi connectivity index (χ1v) is 5.00. The summed E-state index contributed by atoms with van der Waals surface area (Å²) in [6.07, 6.45) is 0.889. The Morgan fingerprint density at radius 2 is 2.07 bits per heavy atom. The van der Waals surface area contributed by atoms with E-state index in [2.05, 4.69) is 4.90 Å². The predicted octanol–water partition coefficient (Wildman–Crippen LogP) is 1.67. The Morgan fingerprint density at radius 1 is 1.33 bits per heavy atom. The van der Waals surface area contributed by atoms with E-state index in [1.165, 1.54) is 6.07 Å². The maximum absolute atomic E-state index is 13.1. The molecule has 2 atom stereocenters. The molecule has 0 bridgehead atoms. The van der Waals surface area contributed by atoms with E-state index in [4.69, 9.17) is 5.73 Å². The normalized spacial score (nSPS) is 27.2. The minimum atomic E-state index is -0.812. The summed E-state index contributed by atoms with van der Waals surface area (Å²) in [6, 6.07) is 4.00. The van der Waals surface area contributed by atoms with E-state index in [0.717, 1.165) is 24.6 Å². The number of hydrogen-bond acceptors (Lipinski definition) is 2. The van der Waals surface area contributed by atoms with Crippen LogP contribution >= 0.6 is 0 Å². The Kier molecular flexibility index (Phi) is 2.71. The van der Waals surface area contributed by atoms with Gasteiger partial charge in [0.15, 0.2) is 11.6 Å². The minimum Gasteiger partial charge on any atom is -0.326 e.